The van der Waals surface area contributed by atoms with Gasteiger partial charge < -0.3 is 19.5 Å². The Morgan fingerprint density at radius 1 is 1.26 bits per heavy atom. The van der Waals surface area contributed by atoms with E-state index in [-0.39, 0.29) is 17.8 Å². The van der Waals surface area contributed by atoms with Crippen LogP contribution >= 0.6 is 22.4 Å². The van der Waals surface area contributed by atoms with Gasteiger partial charge in [0, 0.05) is 29.5 Å². The van der Waals surface area contributed by atoms with E-state index in [0.717, 1.165) is 35.5 Å². The number of unbranched alkanes of at least 4 members (excludes halogenated alkanes) is 1. The van der Waals surface area contributed by atoms with Crippen LogP contribution in [0.3, 0.4) is 0 Å². The Labute approximate surface area is 214 Å². The lowest BCUT2D eigenvalue weighted by Gasteiger charge is -2.39. The monoisotopic (exact) mass is 523 g/mol. The first-order chi connectivity index (χ1) is 16.5. The lowest BCUT2D eigenvalue weighted by atomic mass is 9.86. The van der Waals surface area contributed by atoms with Crippen LogP contribution in [0.15, 0.2) is 52.3 Å². The van der Waals surface area contributed by atoms with Gasteiger partial charge in [-0.3, -0.25) is 9.11 Å². The number of para-hydroxylation sites is 1. The van der Waals surface area contributed by atoms with Gasteiger partial charge in [-0.2, -0.15) is 10.6 Å². The minimum absolute atomic E-state index is 0.244. The smallest absolute Gasteiger partial charge is 0.341 e. The number of hydrogen-bond donors (Lipinski definition) is 3. The molecule has 0 saturated heterocycles. The van der Waals surface area contributed by atoms with E-state index in [9.17, 15) is 19.0 Å². The van der Waals surface area contributed by atoms with E-state index < -0.39 is 22.2 Å². The molecule has 3 rings (SSSR count). The van der Waals surface area contributed by atoms with Crippen molar-refractivity contribution in [1.29, 1.82) is 0 Å². The van der Waals surface area contributed by atoms with Crippen LogP contribution < -0.4 is 9.64 Å². The summed E-state index contributed by atoms with van der Waals surface area (Å²) in [5.41, 5.74) is -0.455. The quantitative estimate of drug-likeness (QED) is 0.265. The number of hydrogen-bond acceptors (Lipinski definition) is 8. The highest BCUT2D eigenvalue weighted by Crippen LogP contribution is 2.61. The second kappa shape index (κ2) is 11.0. The van der Waals surface area contributed by atoms with Gasteiger partial charge in [0.25, 0.3) is 0 Å². The van der Waals surface area contributed by atoms with Gasteiger partial charge in [0.2, 0.25) is 0 Å². The summed E-state index contributed by atoms with van der Waals surface area (Å²) in [5, 5.41) is 10.4. The van der Waals surface area contributed by atoms with Gasteiger partial charge in [-0.1, -0.05) is 44.9 Å². The first-order valence-electron chi connectivity index (χ1n) is 11.7. The molecule has 35 heavy (non-hydrogen) atoms. The van der Waals surface area contributed by atoms with E-state index in [0.29, 0.717) is 17.2 Å². The fourth-order valence-electron chi connectivity index (χ4n) is 4.44. The third-order valence-electron chi connectivity index (χ3n) is 6.31. The van der Waals surface area contributed by atoms with Crippen molar-refractivity contribution in [3.8, 4) is 5.75 Å². The maximum absolute atomic E-state index is 11.9. The van der Waals surface area contributed by atoms with Crippen LogP contribution in [-0.2, 0) is 9.53 Å². The molecule has 0 fully saturated rings. The zero-order chi connectivity index (χ0) is 25.9. The first-order valence-corrected chi connectivity index (χ1v) is 14.6. The van der Waals surface area contributed by atoms with Crippen molar-refractivity contribution in [2.75, 3.05) is 37.2 Å². The number of carbonyl (C=O) groups is 1. The average molecular weight is 524 g/mol. The van der Waals surface area contributed by atoms with E-state index in [2.05, 4.69) is 23.5 Å². The molecule has 9 heteroatoms. The molecule has 2 atom stereocenters. The van der Waals surface area contributed by atoms with Crippen LogP contribution in [0.1, 0.15) is 40.0 Å². The van der Waals surface area contributed by atoms with Crippen molar-refractivity contribution in [2.45, 2.75) is 55.4 Å². The van der Waals surface area contributed by atoms with E-state index >= 15 is 0 Å². The molecule has 2 aromatic rings. The van der Waals surface area contributed by atoms with E-state index in [1.54, 1.807) is 6.07 Å². The van der Waals surface area contributed by atoms with Gasteiger partial charge >= 0.3 is 5.97 Å². The molecule has 2 aromatic carbocycles. The number of rotatable bonds is 9. The summed E-state index contributed by atoms with van der Waals surface area (Å²) in [6, 6.07) is 13.5. The number of nitrogens with zero attached hydrogens (tertiary/aromatic N) is 1. The van der Waals surface area contributed by atoms with Crippen molar-refractivity contribution in [3.63, 3.8) is 0 Å². The molecule has 0 saturated carbocycles. The van der Waals surface area contributed by atoms with E-state index in [1.165, 1.54) is 25.8 Å². The highest BCUT2D eigenvalue weighted by Gasteiger charge is 2.40. The summed E-state index contributed by atoms with van der Waals surface area (Å²) >= 11 is 1.45. The van der Waals surface area contributed by atoms with Crippen LogP contribution in [0.2, 0.25) is 0 Å². The molecular formula is C26H37NO6S2. The van der Waals surface area contributed by atoms with Crippen molar-refractivity contribution in [3.05, 3.63) is 42.5 Å². The van der Waals surface area contributed by atoms with Crippen LogP contribution in [0.4, 0.5) is 11.4 Å². The Morgan fingerprint density at radius 3 is 2.54 bits per heavy atom. The van der Waals surface area contributed by atoms with Crippen LogP contribution in [0, 0.1) is 5.41 Å². The van der Waals surface area contributed by atoms with Crippen LogP contribution in [0.25, 0.3) is 0 Å². The summed E-state index contributed by atoms with van der Waals surface area (Å²) in [5.74, 6) is -0.177. The summed E-state index contributed by atoms with van der Waals surface area (Å²) in [4.78, 5) is 15.2. The van der Waals surface area contributed by atoms with Gasteiger partial charge in [-0.25, -0.2) is 4.79 Å². The van der Waals surface area contributed by atoms with Gasteiger partial charge in [0.1, 0.15) is 12.4 Å². The number of anilines is 2. The molecule has 0 aromatic heterocycles. The number of carbonyl (C=O) groups excluding carboxylic acids is 1. The maximum Gasteiger partial charge on any atom is 0.341 e. The molecule has 0 radical (unpaired) electrons. The Kier molecular flexibility index (Phi) is 8.70. The number of fused-ring (bicyclic) bond motifs is 1. The fourth-order valence-corrected chi connectivity index (χ4v) is 7.15. The molecule has 0 bridgehead atoms. The predicted molar refractivity (Wildman–Crippen MR) is 143 cm³/mol. The van der Waals surface area contributed by atoms with Gasteiger partial charge in [0.05, 0.1) is 22.6 Å². The van der Waals surface area contributed by atoms with Crippen molar-refractivity contribution >= 4 is 39.7 Å². The normalized spacial score (nSPS) is 21.9. The maximum atomic E-state index is 11.9. The van der Waals surface area contributed by atoms with E-state index in [1.807, 2.05) is 42.7 Å². The van der Waals surface area contributed by atoms with Crippen molar-refractivity contribution < 1.29 is 28.5 Å². The van der Waals surface area contributed by atoms with Crippen molar-refractivity contribution in [1.82, 2.24) is 0 Å². The second-order valence-electron chi connectivity index (χ2n) is 9.67. The number of benzene rings is 2. The molecule has 2 unspecified atom stereocenters. The summed E-state index contributed by atoms with van der Waals surface area (Å²) in [6.07, 6.45) is 4.80. The molecule has 0 amide bonds. The first kappa shape index (κ1) is 27.7. The molecule has 3 N–H and O–H groups in total. The highest BCUT2D eigenvalue weighted by atomic mass is 32.3. The lowest BCUT2D eigenvalue weighted by Crippen LogP contribution is -2.42. The molecular weight excluding hydrogens is 486 g/mol. The Morgan fingerprint density at radius 2 is 1.94 bits per heavy atom. The van der Waals surface area contributed by atoms with Gasteiger partial charge in [-0.05, 0) is 37.8 Å². The summed E-state index contributed by atoms with van der Waals surface area (Å²) in [7, 11) is -1.96. The number of thioether (sulfide) groups is 1. The molecule has 1 heterocycles. The zero-order valence-corrected chi connectivity index (χ0v) is 22.7. The van der Waals surface area contributed by atoms with Crippen LogP contribution in [0.5, 0.6) is 5.75 Å². The number of ether oxygens (including phenoxy) is 2. The fraction of sp³-hybridized carbons (Fsp3) is 0.500. The predicted octanol–water partition coefficient (Wildman–Crippen LogP) is 6.17. The number of esters is 1. The number of methoxy groups -OCH3 is 1. The topological polar surface area (TPSA) is 99.5 Å². The molecule has 1 aliphatic rings. The summed E-state index contributed by atoms with van der Waals surface area (Å²) < 4.78 is 33.5. The zero-order valence-electron chi connectivity index (χ0n) is 21.1. The third-order valence-corrected chi connectivity index (χ3v) is 9.20. The molecule has 1 aliphatic heterocycles. The van der Waals surface area contributed by atoms with Crippen molar-refractivity contribution in [2.24, 2.45) is 5.41 Å². The average Bonchev–Trinajstić information content (AvgIpc) is 2.92. The lowest BCUT2D eigenvalue weighted by molar-refractivity contribution is -0.163. The largest absolute Gasteiger partial charge is 0.489 e. The Bertz CT molecular complexity index is 1030. The Hall–Kier alpha value is -1.91. The second-order valence-corrected chi connectivity index (χ2v) is 12.6. The van der Waals surface area contributed by atoms with Gasteiger partial charge in [-0.15, -0.1) is 11.8 Å². The van der Waals surface area contributed by atoms with Crippen LogP contribution in [-0.4, -0.2) is 58.1 Å². The highest BCUT2D eigenvalue weighted by molar-refractivity contribution is 8.24. The van der Waals surface area contributed by atoms with Gasteiger partial charge in [0.15, 0.2) is 5.60 Å². The standard InChI is InChI=1S/C26H37NO6S2/c1-6-7-13-25(2)16-27(19-11-9-8-10-12-19)20-14-22(34-5)21(15-23(20)35(30,31)18-25)33-17-26(3,29)24(28)32-4/h8-12,14-15,29-31H,6-7,13,16-18H2,1-5H3. The minimum Gasteiger partial charge on any atom is -0.489 e. The summed E-state index contributed by atoms with van der Waals surface area (Å²) in [6.45, 7) is 5.90. The molecule has 7 nitrogen and oxygen atoms in total. The molecule has 0 spiro atoms. The minimum atomic E-state index is -3.16. The third kappa shape index (κ3) is 6.27. The number of aliphatic hydroxyl groups is 1. The molecule has 0 aliphatic carbocycles. The molecule has 194 valence electrons. The Balaban J connectivity index is 2.12. The van der Waals surface area contributed by atoms with E-state index in [4.69, 9.17) is 4.74 Å². The SMILES string of the molecule is CCCCC1(C)CN(c2ccccc2)c2cc(SC)c(OCC(C)(O)C(=O)OC)cc2S(O)(O)C1.